The molecule has 3 unspecified atom stereocenters. The molecule has 1 saturated carbocycles. The molecule has 3 atom stereocenters. The first-order valence-corrected chi connectivity index (χ1v) is 7.54. The minimum Gasteiger partial charge on any atom is -0.316 e. The van der Waals surface area contributed by atoms with E-state index in [9.17, 15) is 0 Å². The van der Waals surface area contributed by atoms with Gasteiger partial charge in [0, 0.05) is 11.3 Å². The molecule has 0 amide bonds. The lowest BCUT2D eigenvalue weighted by Crippen LogP contribution is -2.43. The third-order valence-electron chi connectivity index (χ3n) is 4.48. The van der Waals surface area contributed by atoms with Gasteiger partial charge >= 0.3 is 0 Å². The highest BCUT2D eigenvalue weighted by molar-refractivity contribution is 7.99. The molecule has 0 aromatic heterocycles. The summed E-state index contributed by atoms with van der Waals surface area (Å²) in [5, 5.41) is 4.29. The lowest BCUT2D eigenvalue weighted by Gasteiger charge is -2.42. The molecule has 0 saturated heterocycles. The fourth-order valence-corrected chi connectivity index (χ4v) is 3.74. The van der Waals surface area contributed by atoms with E-state index < -0.39 is 0 Å². The molecule has 0 aliphatic heterocycles. The molecule has 15 heavy (non-hydrogen) atoms. The Balaban J connectivity index is 2.60. The Labute approximate surface area is 99.8 Å². The minimum atomic E-state index is 0.534. The summed E-state index contributed by atoms with van der Waals surface area (Å²) in [6.45, 7) is 7.21. The van der Waals surface area contributed by atoms with Crippen molar-refractivity contribution in [2.45, 2.75) is 57.7 Å². The number of thioether (sulfide) groups is 1. The predicted octanol–water partition coefficient (Wildman–Crippen LogP) is 3.54. The van der Waals surface area contributed by atoms with Crippen LogP contribution in [0.15, 0.2) is 0 Å². The molecule has 1 fully saturated rings. The van der Waals surface area contributed by atoms with Gasteiger partial charge in [0.1, 0.15) is 0 Å². The first-order chi connectivity index (χ1) is 7.05. The van der Waals surface area contributed by atoms with Crippen LogP contribution >= 0.6 is 11.8 Å². The Morgan fingerprint density at radius 3 is 2.47 bits per heavy atom. The maximum atomic E-state index is 3.47. The van der Waals surface area contributed by atoms with Crippen LogP contribution in [0.2, 0.25) is 0 Å². The molecule has 1 aliphatic carbocycles. The smallest absolute Gasteiger partial charge is 0.0201 e. The summed E-state index contributed by atoms with van der Waals surface area (Å²) in [5.41, 5.74) is 0.534. The van der Waals surface area contributed by atoms with E-state index in [1.165, 1.54) is 25.7 Å². The van der Waals surface area contributed by atoms with Crippen LogP contribution in [-0.4, -0.2) is 24.6 Å². The van der Waals surface area contributed by atoms with Gasteiger partial charge in [-0.05, 0) is 43.9 Å². The zero-order valence-electron chi connectivity index (χ0n) is 11.0. The highest BCUT2D eigenvalue weighted by Gasteiger charge is 2.36. The van der Waals surface area contributed by atoms with Crippen molar-refractivity contribution < 1.29 is 0 Å². The van der Waals surface area contributed by atoms with Gasteiger partial charge in [-0.25, -0.2) is 0 Å². The highest BCUT2D eigenvalue weighted by atomic mass is 32.2. The van der Waals surface area contributed by atoms with Crippen LogP contribution in [-0.2, 0) is 0 Å². The molecule has 90 valence electrons. The van der Waals surface area contributed by atoms with Crippen LogP contribution in [0.25, 0.3) is 0 Å². The molecule has 2 heteroatoms. The van der Waals surface area contributed by atoms with Crippen LogP contribution in [0.5, 0.6) is 0 Å². The van der Waals surface area contributed by atoms with E-state index in [0.717, 1.165) is 17.2 Å². The molecule has 0 aromatic rings. The summed E-state index contributed by atoms with van der Waals surface area (Å²) >= 11 is 2.05. The normalized spacial score (nSPS) is 33.0. The predicted molar refractivity (Wildman–Crippen MR) is 71.6 cm³/mol. The Hall–Kier alpha value is 0.310. The monoisotopic (exact) mass is 229 g/mol. The van der Waals surface area contributed by atoms with Gasteiger partial charge in [-0.15, -0.1) is 0 Å². The number of nitrogens with one attached hydrogen (secondary N) is 1. The van der Waals surface area contributed by atoms with E-state index in [1.54, 1.807) is 0 Å². The zero-order chi connectivity index (χ0) is 11.5. The van der Waals surface area contributed by atoms with Gasteiger partial charge in [-0.2, -0.15) is 11.8 Å². The van der Waals surface area contributed by atoms with Crippen molar-refractivity contribution >= 4 is 11.8 Å². The summed E-state index contributed by atoms with van der Waals surface area (Å²) in [5.74, 6) is 0.921. The van der Waals surface area contributed by atoms with Gasteiger partial charge in [-0.1, -0.05) is 27.2 Å². The first kappa shape index (κ1) is 13.4. The molecule has 0 bridgehead atoms. The average Bonchev–Trinajstić information content (AvgIpc) is 2.28. The Morgan fingerprint density at radius 1 is 1.33 bits per heavy atom. The second kappa shape index (κ2) is 5.58. The van der Waals surface area contributed by atoms with Crippen molar-refractivity contribution in [1.29, 1.82) is 0 Å². The Morgan fingerprint density at radius 2 is 2.00 bits per heavy atom. The van der Waals surface area contributed by atoms with E-state index in [4.69, 9.17) is 0 Å². The van der Waals surface area contributed by atoms with Crippen molar-refractivity contribution in [3.63, 3.8) is 0 Å². The standard InChI is InChI=1S/C13H27NS/c1-6-13(2,3)10-7-8-11(14-4)12(9-10)15-5/h10-12,14H,6-9H2,1-5H3. The molecular weight excluding hydrogens is 202 g/mol. The van der Waals surface area contributed by atoms with Crippen LogP contribution in [0.4, 0.5) is 0 Å². The zero-order valence-corrected chi connectivity index (χ0v) is 11.8. The van der Waals surface area contributed by atoms with Crippen molar-refractivity contribution in [3.05, 3.63) is 0 Å². The van der Waals surface area contributed by atoms with Crippen LogP contribution in [0.1, 0.15) is 46.5 Å². The van der Waals surface area contributed by atoms with Gasteiger partial charge in [0.2, 0.25) is 0 Å². The van der Waals surface area contributed by atoms with Gasteiger partial charge in [0.15, 0.2) is 0 Å². The van der Waals surface area contributed by atoms with Crippen molar-refractivity contribution in [3.8, 4) is 0 Å². The van der Waals surface area contributed by atoms with Gasteiger partial charge in [0.25, 0.3) is 0 Å². The molecule has 1 rings (SSSR count). The van der Waals surface area contributed by atoms with Crippen molar-refractivity contribution in [2.75, 3.05) is 13.3 Å². The molecule has 0 aromatic carbocycles. The molecule has 1 nitrogen and oxygen atoms in total. The largest absolute Gasteiger partial charge is 0.316 e. The van der Waals surface area contributed by atoms with Crippen LogP contribution < -0.4 is 5.32 Å². The summed E-state index contributed by atoms with van der Waals surface area (Å²) in [7, 11) is 2.11. The second-order valence-electron chi connectivity index (χ2n) is 5.52. The third-order valence-corrected chi connectivity index (χ3v) is 5.61. The van der Waals surface area contributed by atoms with Gasteiger partial charge in [0.05, 0.1) is 0 Å². The van der Waals surface area contributed by atoms with Crippen molar-refractivity contribution in [2.24, 2.45) is 11.3 Å². The number of hydrogen-bond acceptors (Lipinski definition) is 2. The Kier molecular flexibility index (Phi) is 4.98. The molecule has 0 radical (unpaired) electrons. The van der Waals surface area contributed by atoms with Crippen LogP contribution in [0, 0.1) is 11.3 Å². The summed E-state index contributed by atoms with van der Waals surface area (Å²) in [4.78, 5) is 0. The molecular formula is C13H27NS. The molecule has 1 N–H and O–H groups in total. The van der Waals surface area contributed by atoms with Crippen molar-refractivity contribution in [1.82, 2.24) is 5.32 Å². The fourth-order valence-electron chi connectivity index (χ4n) is 2.72. The van der Waals surface area contributed by atoms with Gasteiger partial charge < -0.3 is 5.32 Å². The molecule has 0 heterocycles. The van der Waals surface area contributed by atoms with E-state index in [2.05, 4.69) is 39.4 Å². The van der Waals surface area contributed by atoms with E-state index >= 15 is 0 Å². The lowest BCUT2D eigenvalue weighted by molar-refractivity contribution is 0.143. The quantitative estimate of drug-likeness (QED) is 0.791. The summed E-state index contributed by atoms with van der Waals surface area (Å²) < 4.78 is 0. The Bertz CT molecular complexity index is 191. The topological polar surface area (TPSA) is 12.0 Å². The second-order valence-corrected chi connectivity index (χ2v) is 6.60. The summed E-state index contributed by atoms with van der Waals surface area (Å²) in [6, 6.07) is 0.740. The van der Waals surface area contributed by atoms with Crippen LogP contribution in [0.3, 0.4) is 0 Å². The molecule has 0 spiro atoms. The lowest BCUT2D eigenvalue weighted by atomic mass is 9.68. The average molecular weight is 229 g/mol. The number of hydrogen-bond donors (Lipinski definition) is 1. The maximum absolute atomic E-state index is 3.47. The number of rotatable bonds is 4. The first-order valence-electron chi connectivity index (χ1n) is 6.25. The minimum absolute atomic E-state index is 0.534. The van der Waals surface area contributed by atoms with E-state index in [1.807, 2.05) is 11.8 Å². The van der Waals surface area contributed by atoms with E-state index in [0.29, 0.717) is 5.41 Å². The third kappa shape index (κ3) is 3.13. The van der Waals surface area contributed by atoms with E-state index in [-0.39, 0.29) is 0 Å². The maximum Gasteiger partial charge on any atom is 0.0201 e. The highest BCUT2D eigenvalue weighted by Crippen LogP contribution is 2.42. The SMILES string of the molecule is CCC(C)(C)C1CCC(NC)C(SC)C1. The molecule has 1 aliphatic rings. The fraction of sp³-hybridized carbons (Fsp3) is 1.00. The van der Waals surface area contributed by atoms with Gasteiger partial charge in [-0.3, -0.25) is 0 Å². The summed E-state index contributed by atoms with van der Waals surface area (Å²) in [6.07, 6.45) is 7.73.